The summed E-state index contributed by atoms with van der Waals surface area (Å²) in [5.41, 5.74) is 7.91. The molecule has 0 saturated carbocycles. The maximum Gasteiger partial charge on any atom is 0.150 e. The van der Waals surface area contributed by atoms with Gasteiger partial charge in [-0.05, 0) is 76.9 Å². The lowest BCUT2D eigenvalue weighted by molar-refractivity contribution is 0.112. The van der Waals surface area contributed by atoms with Gasteiger partial charge in [-0.1, -0.05) is 84.9 Å². The molecule has 0 aromatic heterocycles. The number of carbonyl (C=O) groups excluding carboxylic acids is 1. The van der Waals surface area contributed by atoms with E-state index in [0.717, 1.165) is 40.2 Å². The molecule has 3 nitrogen and oxygen atoms in total. The van der Waals surface area contributed by atoms with Crippen molar-refractivity contribution >= 4 is 35.5 Å². The third-order valence-corrected chi connectivity index (χ3v) is 6.27. The molecule has 0 aliphatic heterocycles. The first-order valence-electron chi connectivity index (χ1n) is 12.2. The predicted molar refractivity (Wildman–Crippen MR) is 154 cm³/mol. The lowest BCUT2D eigenvalue weighted by Crippen LogP contribution is -2.10. The largest absolute Gasteiger partial charge is 0.497 e. The number of methoxy groups -OCH3 is 1. The van der Waals surface area contributed by atoms with E-state index in [-0.39, 0.29) is 0 Å². The molecule has 0 heterocycles. The van der Waals surface area contributed by atoms with Crippen LogP contribution in [0.2, 0.25) is 0 Å². The van der Waals surface area contributed by atoms with Crippen LogP contribution in [0, 0.1) is 0 Å². The first-order chi connectivity index (χ1) is 18.2. The summed E-state index contributed by atoms with van der Waals surface area (Å²) in [4.78, 5) is 14.0. The number of hydrogen-bond donors (Lipinski definition) is 0. The Balaban J connectivity index is 1.49. The van der Waals surface area contributed by atoms with Crippen molar-refractivity contribution in [2.45, 2.75) is 0 Å². The van der Waals surface area contributed by atoms with E-state index in [4.69, 9.17) is 4.74 Å². The van der Waals surface area contributed by atoms with Gasteiger partial charge in [0.05, 0.1) is 7.11 Å². The summed E-state index contributed by atoms with van der Waals surface area (Å²) in [6.45, 7) is 0. The maximum absolute atomic E-state index is 11.9. The molecule has 0 aliphatic carbocycles. The van der Waals surface area contributed by atoms with Gasteiger partial charge in [0.2, 0.25) is 0 Å². The van der Waals surface area contributed by atoms with Crippen LogP contribution >= 0.6 is 0 Å². The van der Waals surface area contributed by atoms with Crippen molar-refractivity contribution < 1.29 is 9.53 Å². The van der Waals surface area contributed by atoms with Crippen LogP contribution in [-0.2, 0) is 0 Å². The van der Waals surface area contributed by atoms with Crippen LogP contribution in [0.3, 0.4) is 0 Å². The number of anilines is 3. The number of para-hydroxylation sites is 1. The Hall–Kier alpha value is -4.89. The number of hydrogen-bond acceptors (Lipinski definition) is 3. The molecule has 0 fully saturated rings. The van der Waals surface area contributed by atoms with Gasteiger partial charge in [0.1, 0.15) is 5.75 Å². The Morgan fingerprint density at radius 3 is 1.81 bits per heavy atom. The zero-order valence-corrected chi connectivity index (χ0v) is 20.6. The van der Waals surface area contributed by atoms with Gasteiger partial charge in [-0.25, -0.2) is 0 Å². The van der Waals surface area contributed by atoms with Crippen LogP contribution in [0.25, 0.3) is 23.3 Å². The second-order valence-electron chi connectivity index (χ2n) is 8.62. The predicted octanol–water partition coefficient (Wildman–Crippen LogP) is 8.81. The molecule has 0 spiro atoms. The molecule has 0 radical (unpaired) electrons. The van der Waals surface area contributed by atoms with Crippen molar-refractivity contribution in [2.24, 2.45) is 0 Å². The molecule has 37 heavy (non-hydrogen) atoms. The monoisotopic (exact) mass is 481 g/mol. The fraction of sp³-hybridized carbons (Fsp3) is 0.0294. The molecule has 0 saturated heterocycles. The van der Waals surface area contributed by atoms with Gasteiger partial charge in [0, 0.05) is 22.6 Å². The normalized spacial score (nSPS) is 10.8. The molecule has 5 rings (SSSR count). The molecule has 0 bridgehead atoms. The average molecular weight is 482 g/mol. The standard InChI is InChI=1S/C34H27NO2/c1-37-34-22-20-32(21-23-34)35(31-10-6-3-7-11-31)33-19-18-30(25-36)29(24-33)17-14-26-12-15-28(16-13-26)27-8-4-2-5-9-27/h2-25H,1H3/b17-14+. The van der Waals surface area contributed by atoms with E-state index in [1.54, 1.807) is 7.11 Å². The van der Waals surface area contributed by atoms with Gasteiger partial charge >= 0.3 is 0 Å². The van der Waals surface area contributed by atoms with Crippen molar-refractivity contribution in [1.29, 1.82) is 0 Å². The molecular formula is C34H27NO2. The van der Waals surface area contributed by atoms with E-state index < -0.39 is 0 Å². The third-order valence-electron chi connectivity index (χ3n) is 6.27. The highest BCUT2D eigenvalue weighted by atomic mass is 16.5. The summed E-state index contributed by atoms with van der Waals surface area (Å²) in [7, 11) is 1.66. The minimum Gasteiger partial charge on any atom is -0.497 e. The molecule has 5 aromatic carbocycles. The Bertz CT molecular complexity index is 1490. The van der Waals surface area contributed by atoms with Crippen LogP contribution in [0.4, 0.5) is 17.1 Å². The highest BCUT2D eigenvalue weighted by Gasteiger charge is 2.14. The molecule has 5 aromatic rings. The van der Waals surface area contributed by atoms with Crippen LogP contribution < -0.4 is 9.64 Å². The van der Waals surface area contributed by atoms with Crippen molar-refractivity contribution in [2.75, 3.05) is 12.0 Å². The number of aldehydes is 1. The molecule has 3 heteroatoms. The van der Waals surface area contributed by atoms with Gasteiger partial charge in [0.15, 0.2) is 6.29 Å². The van der Waals surface area contributed by atoms with Crippen LogP contribution in [-0.4, -0.2) is 13.4 Å². The number of benzene rings is 5. The molecule has 180 valence electrons. The average Bonchev–Trinajstić information content (AvgIpc) is 2.98. The number of rotatable bonds is 8. The number of ether oxygens (including phenoxy) is 1. The lowest BCUT2D eigenvalue weighted by atomic mass is 10.0. The number of nitrogens with zero attached hydrogens (tertiary/aromatic N) is 1. The van der Waals surface area contributed by atoms with Gasteiger partial charge < -0.3 is 9.64 Å². The highest BCUT2D eigenvalue weighted by Crippen LogP contribution is 2.36. The van der Waals surface area contributed by atoms with Crippen LogP contribution in [0.5, 0.6) is 5.75 Å². The second-order valence-corrected chi connectivity index (χ2v) is 8.62. The van der Waals surface area contributed by atoms with Crippen molar-refractivity contribution in [3.63, 3.8) is 0 Å². The zero-order chi connectivity index (χ0) is 25.5. The van der Waals surface area contributed by atoms with Crippen LogP contribution in [0.15, 0.2) is 127 Å². The van der Waals surface area contributed by atoms with E-state index >= 15 is 0 Å². The SMILES string of the molecule is COc1ccc(N(c2ccccc2)c2ccc(C=O)c(/C=C/c3ccc(-c4ccccc4)cc3)c2)cc1. The summed E-state index contributed by atoms with van der Waals surface area (Å²) < 4.78 is 5.35. The summed E-state index contributed by atoms with van der Waals surface area (Å²) >= 11 is 0. The fourth-order valence-corrected chi connectivity index (χ4v) is 4.31. The summed E-state index contributed by atoms with van der Waals surface area (Å²) in [6.07, 6.45) is 4.95. The lowest BCUT2D eigenvalue weighted by Gasteiger charge is -2.26. The molecule has 0 aliphatic rings. The van der Waals surface area contributed by atoms with E-state index in [0.29, 0.717) is 5.56 Å². The van der Waals surface area contributed by atoms with E-state index in [1.165, 1.54) is 11.1 Å². The smallest absolute Gasteiger partial charge is 0.150 e. The zero-order valence-electron chi connectivity index (χ0n) is 20.6. The fourth-order valence-electron chi connectivity index (χ4n) is 4.31. The summed E-state index contributed by atoms with van der Waals surface area (Å²) in [5, 5.41) is 0. The quantitative estimate of drug-likeness (QED) is 0.164. The van der Waals surface area contributed by atoms with Crippen molar-refractivity contribution in [3.05, 3.63) is 144 Å². The molecular weight excluding hydrogens is 454 g/mol. The molecule has 0 N–H and O–H groups in total. The summed E-state index contributed by atoms with van der Waals surface area (Å²) in [5.74, 6) is 0.801. The van der Waals surface area contributed by atoms with Crippen LogP contribution in [0.1, 0.15) is 21.5 Å². The molecule has 0 amide bonds. The highest BCUT2D eigenvalue weighted by molar-refractivity contribution is 5.88. The van der Waals surface area contributed by atoms with Crippen molar-refractivity contribution in [3.8, 4) is 16.9 Å². The minimum absolute atomic E-state index is 0.642. The van der Waals surface area contributed by atoms with E-state index in [1.807, 2.05) is 84.9 Å². The van der Waals surface area contributed by atoms with Gasteiger partial charge in [-0.2, -0.15) is 0 Å². The van der Waals surface area contributed by atoms with Gasteiger partial charge in [-0.15, -0.1) is 0 Å². The minimum atomic E-state index is 0.642. The summed E-state index contributed by atoms with van der Waals surface area (Å²) in [6, 6.07) is 42.8. The van der Waals surface area contributed by atoms with Crippen molar-refractivity contribution in [1.82, 2.24) is 0 Å². The van der Waals surface area contributed by atoms with E-state index in [2.05, 4.69) is 59.5 Å². The molecule has 0 atom stereocenters. The Morgan fingerprint density at radius 1 is 0.568 bits per heavy atom. The Kier molecular flexibility index (Phi) is 7.24. The third kappa shape index (κ3) is 5.52. The molecule has 0 unspecified atom stereocenters. The maximum atomic E-state index is 11.9. The first kappa shape index (κ1) is 23.8. The topological polar surface area (TPSA) is 29.5 Å². The van der Waals surface area contributed by atoms with E-state index in [9.17, 15) is 4.79 Å². The first-order valence-corrected chi connectivity index (χ1v) is 12.2. The van der Waals surface area contributed by atoms with Gasteiger partial charge in [0.25, 0.3) is 0 Å². The Morgan fingerprint density at radius 2 is 1.16 bits per heavy atom. The Labute approximate surface area is 217 Å². The number of carbonyl (C=O) groups is 1. The second kappa shape index (κ2) is 11.2. The van der Waals surface area contributed by atoms with Gasteiger partial charge in [-0.3, -0.25) is 4.79 Å².